The van der Waals surface area contributed by atoms with Crippen LogP contribution in [0.15, 0.2) is 4.99 Å². The third kappa shape index (κ3) is 4.00. The molecule has 1 saturated heterocycles. The Kier molecular flexibility index (Phi) is 4.59. The van der Waals surface area contributed by atoms with E-state index in [1.54, 1.807) is 18.9 Å². The van der Waals surface area contributed by atoms with Gasteiger partial charge in [-0.2, -0.15) is 0 Å². The molecule has 13 heavy (non-hydrogen) atoms. The maximum absolute atomic E-state index is 5.12. The van der Waals surface area contributed by atoms with Crippen molar-refractivity contribution < 1.29 is 4.74 Å². The molecule has 1 heterocycles. The molecule has 0 amide bonds. The van der Waals surface area contributed by atoms with Crippen molar-refractivity contribution in [1.29, 1.82) is 0 Å². The van der Waals surface area contributed by atoms with Gasteiger partial charge in [-0.3, -0.25) is 4.99 Å². The number of nitrogens with zero attached hydrogens (tertiary/aromatic N) is 1. The first-order valence-electron chi connectivity index (χ1n) is 4.69. The van der Waals surface area contributed by atoms with Crippen molar-refractivity contribution >= 4 is 16.9 Å². The molecule has 1 rings (SSSR count). The van der Waals surface area contributed by atoms with Gasteiger partial charge in [0.2, 0.25) is 0 Å². The topological polar surface area (TPSA) is 33.6 Å². The number of rotatable bonds is 3. The van der Waals surface area contributed by atoms with E-state index in [9.17, 15) is 0 Å². The lowest BCUT2D eigenvalue weighted by atomic mass is 10.3. The van der Waals surface area contributed by atoms with Crippen molar-refractivity contribution in [2.75, 3.05) is 19.4 Å². The number of methoxy groups -OCH3 is 1. The molecule has 0 aliphatic carbocycles. The van der Waals surface area contributed by atoms with E-state index >= 15 is 0 Å². The predicted octanol–water partition coefficient (Wildman–Crippen LogP) is 1.49. The summed E-state index contributed by atoms with van der Waals surface area (Å²) in [6.07, 6.45) is 1.44. The van der Waals surface area contributed by atoms with Gasteiger partial charge in [-0.15, -0.1) is 0 Å². The molecule has 1 N–H and O–H groups in total. The van der Waals surface area contributed by atoms with E-state index in [2.05, 4.69) is 17.2 Å². The van der Waals surface area contributed by atoms with E-state index in [0.29, 0.717) is 6.04 Å². The molecule has 2 atom stereocenters. The normalized spacial score (nSPS) is 28.5. The average Bonchev–Trinajstić information content (AvgIpc) is 2.14. The van der Waals surface area contributed by atoms with E-state index < -0.39 is 0 Å². The minimum Gasteiger partial charge on any atom is -0.380 e. The zero-order chi connectivity index (χ0) is 9.68. The standard InChI is InChI=1S/C9H18N2OS/c1-7-4-5-13-9(11-7)10-6-8(2)12-3/h7-8H,4-6H2,1-3H3,(H,10,11). The quantitative estimate of drug-likeness (QED) is 0.753. The van der Waals surface area contributed by atoms with Crippen molar-refractivity contribution in [2.45, 2.75) is 32.4 Å². The maximum atomic E-state index is 5.12. The first-order chi connectivity index (χ1) is 6.22. The lowest BCUT2D eigenvalue weighted by molar-refractivity contribution is 0.125. The highest BCUT2D eigenvalue weighted by Crippen LogP contribution is 2.13. The van der Waals surface area contributed by atoms with Crippen molar-refractivity contribution in [1.82, 2.24) is 5.32 Å². The third-order valence-electron chi connectivity index (χ3n) is 2.05. The molecule has 1 aliphatic heterocycles. The Labute approximate surface area is 84.3 Å². The second-order valence-corrected chi connectivity index (χ2v) is 4.46. The Bertz CT molecular complexity index is 184. The molecular formula is C9H18N2OS. The van der Waals surface area contributed by atoms with Crippen LogP contribution in [-0.4, -0.2) is 36.7 Å². The van der Waals surface area contributed by atoms with E-state index in [1.165, 1.54) is 12.2 Å². The number of aliphatic imine (C=N–C) groups is 1. The zero-order valence-electron chi connectivity index (χ0n) is 8.54. The highest BCUT2D eigenvalue weighted by Gasteiger charge is 2.12. The van der Waals surface area contributed by atoms with Gasteiger partial charge in [0.25, 0.3) is 0 Å². The second kappa shape index (κ2) is 5.50. The molecule has 0 radical (unpaired) electrons. The summed E-state index contributed by atoms with van der Waals surface area (Å²) in [6.45, 7) is 4.97. The van der Waals surface area contributed by atoms with Gasteiger partial charge in [-0.05, 0) is 20.3 Å². The molecule has 4 heteroatoms. The molecule has 0 spiro atoms. The van der Waals surface area contributed by atoms with E-state index in [4.69, 9.17) is 4.74 Å². The molecule has 0 saturated carbocycles. The molecule has 0 aromatic rings. The minimum atomic E-state index is 0.215. The van der Waals surface area contributed by atoms with Gasteiger partial charge in [0.15, 0.2) is 5.17 Å². The van der Waals surface area contributed by atoms with Crippen LogP contribution in [0.3, 0.4) is 0 Å². The Hall–Kier alpha value is -0.220. The highest BCUT2D eigenvalue weighted by molar-refractivity contribution is 8.13. The second-order valence-electron chi connectivity index (χ2n) is 3.37. The van der Waals surface area contributed by atoms with Crippen molar-refractivity contribution in [3.05, 3.63) is 0 Å². The molecule has 1 aliphatic rings. The summed E-state index contributed by atoms with van der Waals surface area (Å²) in [7, 11) is 1.72. The molecular weight excluding hydrogens is 184 g/mol. The Morgan fingerprint density at radius 1 is 1.77 bits per heavy atom. The van der Waals surface area contributed by atoms with Crippen LogP contribution in [0.5, 0.6) is 0 Å². The molecule has 0 bridgehead atoms. The largest absolute Gasteiger partial charge is 0.380 e. The number of ether oxygens (including phenoxy) is 1. The Balaban J connectivity index is 2.32. The fourth-order valence-corrected chi connectivity index (χ4v) is 2.15. The van der Waals surface area contributed by atoms with Gasteiger partial charge >= 0.3 is 0 Å². The monoisotopic (exact) mass is 202 g/mol. The lowest BCUT2D eigenvalue weighted by Crippen LogP contribution is -2.35. The minimum absolute atomic E-state index is 0.215. The Morgan fingerprint density at radius 3 is 3.15 bits per heavy atom. The first-order valence-corrected chi connectivity index (χ1v) is 5.67. The molecule has 0 aromatic carbocycles. The van der Waals surface area contributed by atoms with Gasteiger partial charge in [0.1, 0.15) is 0 Å². The zero-order valence-corrected chi connectivity index (χ0v) is 9.36. The van der Waals surface area contributed by atoms with E-state index in [1.807, 2.05) is 6.92 Å². The molecule has 76 valence electrons. The summed E-state index contributed by atoms with van der Waals surface area (Å²) >= 11 is 1.80. The number of thioether (sulfide) groups is 1. The number of nitrogens with one attached hydrogen (secondary N) is 1. The van der Waals surface area contributed by atoms with Crippen LogP contribution < -0.4 is 5.32 Å². The van der Waals surface area contributed by atoms with Crippen LogP contribution in [0.1, 0.15) is 20.3 Å². The highest BCUT2D eigenvalue weighted by atomic mass is 32.2. The Morgan fingerprint density at radius 2 is 2.54 bits per heavy atom. The molecule has 2 unspecified atom stereocenters. The molecule has 3 nitrogen and oxygen atoms in total. The summed E-state index contributed by atoms with van der Waals surface area (Å²) in [5, 5.41) is 4.43. The average molecular weight is 202 g/mol. The number of hydrogen-bond donors (Lipinski definition) is 1. The SMILES string of the molecule is COC(C)CN=C1NC(C)CCS1. The van der Waals surface area contributed by atoms with Crippen molar-refractivity contribution in [3.8, 4) is 0 Å². The summed E-state index contributed by atoms with van der Waals surface area (Å²) in [4.78, 5) is 4.45. The molecule has 0 aromatic heterocycles. The van der Waals surface area contributed by atoms with Crippen LogP contribution in [0.2, 0.25) is 0 Å². The van der Waals surface area contributed by atoms with Gasteiger partial charge < -0.3 is 10.1 Å². The third-order valence-corrected chi connectivity index (χ3v) is 3.01. The van der Waals surface area contributed by atoms with E-state index in [0.717, 1.165) is 11.7 Å². The van der Waals surface area contributed by atoms with Crippen molar-refractivity contribution in [3.63, 3.8) is 0 Å². The number of amidine groups is 1. The summed E-state index contributed by atoms with van der Waals surface area (Å²) in [5.74, 6) is 1.17. The predicted molar refractivity (Wildman–Crippen MR) is 58.4 cm³/mol. The first kappa shape index (κ1) is 10.9. The van der Waals surface area contributed by atoms with Crippen LogP contribution in [-0.2, 0) is 4.74 Å². The molecule has 1 fully saturated rings. The summed E-state index contributed by atoms with van der Waals surface area (Å²) < 4.78 is 5.12. The van der Waals surface area contributed by atoms with Crippen molar-refractivity contribution in [2.24, 2.45) is 4.99 Å². The van der Waals surface area contributed by atoms with Gasteiger partial charge in [0.05, 0.1) is 12.6 Å². The van der Waals surface area contributed by atoms with Crippen LogP contribution in [0, 0.1) is 0 Å². The number of hydrogen-bond acceptors (Lipinski definition) is 3. The lowest BCUT2D eigenvalue weighted by Gasteiger charge is -2.22. The smallest absolute Gasteiger partial charge is 0.156 e. The van der Waals surface area contributed by atoms with Crippen LogP contribution in [0.25, 0.3) is 0 Å². The van der Waals surface area contributed by atoms with Gasteiger partial charge in [0, 0.05) is 18.9 Å². The summed E-state index contributed by atoms with van der Waals surface area (Å²) in [5.41, 5.74) is 0. The van der Waals surface area contributed by atoms with E-state index in [-0.39, 0.29) is 6.10 Å². The van der Waals surface area contributed by atoms with Gasteiger partial charge in [-0.25, -0.2) is 0 Å². The van der Waals surface area contributed by atoms with Crippen LogP contribution in [0.4, 0.5) is 0 Å². The fourth-order valence-electron chi connectivity index (χ4n) is 1.03. The van der Waals surface area contributed by atoms with Crippen LogP contribution >= 0.6 is 11.8 Å². The van der Waals surface area contributed by atoms with Gasteiger partial charge in [-0.1, -0.05) is 11.8 Å². The fraction of sp³-hybridized carbons (Fsp3) is 0.889. The maximum Gasteiger partial charge on any atom is 0.156 e. The summed E-state index contributed by atoms with van der Waals surface area (Å²) in [6, 6.07) is 0.567.